The number of nitrogens with zero attached hydrogens (tertiary/aromatic N) is 6. The number of hydrogen-bond donors (Lipinski definition) is 0. The lowest BCUT2D eigenvalue weighted by Gasteiger charge is -2.30. The molecule has 8 heteroatoms. The van der Waals surface area contributed by atoms with Gasteiger partial charge in [-0.15, -0.1) is 21.5 Å². The highest BCUT2D eigenvalue weighted by atomic mass is 32.1. The van der Waals surface area contributed by atoms with E-state index in [4.69, 9.17) is 9.72 Å². The molecule has 1 fully saturated rings. The largest absolute Gasteiger partial charge is 0.367 e. The highest BCUT2D eigenvalue weighted by molar-refractivity contribution is 7.18. The van der Waals surface area contributed by atoms with Crippen molar-refractivity contribution < 1.29 is 4.74 Å². The summed E-state index contributed by atoms with van der Waals surface area (Å²) in [4.78, 5) is 8.50. The fourth-order valence-corrected chi connectivity index (χ4v) is 3.62. The molecule has 1 atom stereocenters. The third-order valence-corrected chi connectivity index (χ3v) is 4.68. The highest BCUT2D eigenvalue weighted by Crippen LogP contribution is 2.25. The van der Waals surface area contributed by atoms with E-state index in [1.165, 1.54) is 9.50 Å². The predicted molar refractivity (Wildman–Crippen MR) is 82.4 cm³/mol. The molecule has 0 N–H and O–H groups in total. The lowest BCUT2D eigenvalue weighted by Crippen LogP contribution is -2.38. The summed E-state index contributed by atoms with van der Waals surface area (Å²) in [5, 5.41) is 13.3. The summed E-state index contributed by atoms with van der Waals surface area (Å²) in [6.07, 6.45) is -0.114. The topological polar surface area (TPSA) is 69.0 Å². The quantitative estimate of drug-likeness (QED) is 0.727. The fourth-order valence-electron chi connectivity index (χ4n) is 2.61. The van der Waals surface area contributed by atoms with Crippen LogP contribution in [0.2, 0.25) is 0 Å². The number of aromatic nitrogens is 5. The zero-order valence-corrected chi connectivity index (χ0v) is 13.0. The zero-order valence-electron chi connectivity index (χ0n) is 12.2. The molecule has 0 bridgehead atoms. The maximum atomic E-state index is 5.77. The van der Waals surface area contributed by atoms with Crippen molar-refractivity contribution in [1.82, 2.24) is 30.1 Å². The first-order chi connectivity index (χ1) is 10.8. The molecular weight excluding hydrogens is 300 g/mol. The minimum Gasteiger partial charge on any atom is -0.367 e. The average molecular weight is 316 g/mol. The van der Waals surface area contributed by atoms with Crippen molar-refractivity contribution in [3.8, 4) is 0 Å². The van der Waals surface area contributed by atoms with Crippen LogP contribution in [0.5, 0.6) is 0 Å². The molecule has 0 spiro atoms. The molecule has 2 aromatic heterocycles. The van der Waals surface area contributed by atoms with Gasteiger partial charge in [0.25, 0.3) is 0 Å². The van der Waals surface area contributed by atoms with Crippen molar-refractivity contribution in [2.24, 2.45) is 7.05 Å². The molecule has 1 saturated heterocycles. The monoisotopic (exact) mass is 316 g/mol. The second-order valence-electron chi connectivity index (χ2n) is 5.31. The number of ether oxygens (including phenoxy) is 1. The molecule has 0 aliphatic carbocycles. The minimum absolute atomic E-state index is 0.114. The van der Waals surface area contributed by atoms with Crippen LogP contribution in [0.3, 0.4) is 0 Å². The Morgan fingerprint density at radius 2 is 2.27 bits per heavy atom. The van der Waals surface area contributed by atoms with E-state index in [2.05, 4.69) is 38.5 Å². The predicted octanol–water partition coefficient (Wildman–Crippen LogP) is 1.39. The number of tetrazole rings is 1. The van der Waals surface area contributed by atoms with Gasteiger partial charge in [-0.05, 0) is 17.3 Å². The Morgan fingerprint density at radius 3 is 3.09 bits per heavy atom. The Hall–Kier alpha value is -1.90. The number of rotatable bonds is 3. The molecule has 1 unspecified atom stereocenters. The van der Waals surface area contributed by atoms with E-state index in [9.17, 15) is 0 Å². The zero-order chi connectivity index (χ0) is 14.9. The van der Waals surface area contributed by atoms with Gasteiger partial charge in [0.05, 0.1) is 30.4 Å². The van der Waals surface area contributed by atoms with Crippen LogP contribution < -0.4 is 0 Å². The molecule has 4 rings (SSSR count). The number of para-hydroxylation sites is 1. The summed E-state index contributed by atoms with van der Waals surface area (Å²) in [6, 6.07) is 8.24. The van der Waals surface area contributed by atoms with E-state index in [0.717, 1.165) is 30.2 Å². The summed E-state index contributed by atoms with van der Waals surface area (Å²) in [5.41, 5.74) is 1.07. The fraction of sp³-hybridized carbons (Fsp3) is 0.429. The van der Waals surface area contributed by atoms with Gasteiger partial charge in [-0.25, -0.2) is 4.98 Å². The van der Waals surface area contributed by atoms with Gasteiger partial charge in [0, 0.05) is 13.1 Å². The summed E-state index contributed by atoms with van der Waals surface area (Å²) in [5.74, 6) is 0.650. The second-order valence-corrected chi connectivity index (χ2v) is 6.42. The van der Waals surface area contributed by atoms with E-state index in [-0.39, 0.29) is 6.10 Å². The lowest BCUT2D eigenvalue weighted by molar-refractivity contribution is -0.0373. The highest BCUT2D eigenvalue weighted by Gasteiger charge is 2.26. The molecule has 1 aromatic carbocycles. The molecule has 0 saturated carbocycles. The van der Waals surface area contributed by atoms with Crippen molar-refractivity contribution >= 4 is 21.6 Å². The molecule has 22 heavy (non-hydrogen) atoms. The van der Waals surface area contributed by atoms with E-state index in [1.807, 2.05) is 6.07 Å². The van der Waals surface area contributed by atoms with Crippen LogP contribution in [-0.4, -0.2) is 49.8 Å². The average Bonchev–Trinajstić information content (AvgIpc) is 3.13. The second kappa shape index (κ2) is 5.71. The van der Waals surface area contributed by atoms with Crippen LogP contribution in [0.15, 0.2) is 24.3 Å². The number of aryl methyl sites for hydroxylation is 1. The van der Waals surface area contributed by atoms with Gasteiger partial charge in [-0.1, -0.05) is 12.1 Å². The number of fused-ring (bicyclic) bond motifs is 1. The normalized spacial score (nSPS) is 19.8. The molecule has 3 aromatic rings. The van der Waals surface area contributed by atoms with Crippen LogP contribution in [0.25, 0.3) is 10.2 Å². The Balaban J connectivity index is 1.48. The van der Waals surface area contributed by atoms with E-state index in [1.54, 1.807) is 18.4 Å². The van der Waals surface area contributed by atoms with E-state index < -0.39 is 0 Å². The van der Waals surface area contributed by atoms with Gasteiger partial charge in [-0.3, -0.25) is 4.90 Å². The molecule has 7 nitrogen and oxygen atoms in total. The SMILES string of the molecule is Cn1nnc(C2CN(Cc3nc4ccccc4s3)CCO2)n1. The maximum Gasteiger partial charge on any atom is 0.204 e. The van der Waals surface area contributed by atoms with Crippen LogP contribution in [-0.2, 0) is 18.3 Å². The maximum absolute atomic E-state index is 5.77. The Labute approximate surface area is 131 Å². The van der Waals surface area contributed by atoms with Gasteiger partial charge < -0.3 is 4.74 Å². The number of hydrogen-bond acceptors (Lipinski definition) is 7. The van der Waals surface area contributed by atoms with Crippen LogP contribution >= 0.6 is 11.3 Å². The van der Waals surface area contributed by atoms with Crippen molar-refractivity contribution in [3.05, 3.63) is 35.1 Å². The molecule has 1 aliphatic heterocycles. The lowest BCUT2D eigenvalue weighted by atomic mass is 10.2. The standard InChI is InChI=1S/C14H16N6OS/c1-19-17-14(16-18-19)11-8-20(6-7-21-11)9-13-15-10-4-2-3-5-12(10)22-13/h2-5,11H,6-9H2,1H3. The Morgan fingerprint density at radius 1 is 1.36 bits per heavy atom. The van der Waals surface area contributed by atoms with E-state index in [0.29, 0.717) is 12.4 Å². The summed E-state index contributed by atoms with van der Waals surface area (Å²) in [6.45, 7) is 3.17. The van der Waals surface area contributed by atoms with Crippen molar-refractivity contribution in [3.63, 3.8) is 0 Å². The first-order valence-electron chi connectivity index (χ1n) is 7.20. The van der Waals surface area contributed by atoms with Crippen molar-refractivity contribution in [2.45, 2.75) is 12.6 Å². The van der Waals surface area contributed by atoms with Crippen molar-refractivity contribution in [1.29, 1.82) is 0 Å². The van der Waals surface area contributed by atoms with Gasteiger partial charge in [0.2, 0.25) is 5.82 Å². The molecule has 0 radical (unpaired) electrons. The minimum atomic E-state index is -0.114. The van der Waals surface area contributed by atoms with E-state index >= 15 is 0 Å². The van der Waals surface area contributed by atoms with Gasteiger partial charge in [-0.2, -0.15) is 4.80 Å². The first kappa shape index (κ1) is 13.7. The Bertz CT molecular complexity index is 751. The number of thiazole rings is 1. The summed E-state index contributed by atoms with van der Waals surface area (Å²) >= 11 is 1.75. The van der Waals surface area contributed by atoms with Gasteiger partial charge in [0.15, 0.2) is 0 Å². The third-order valence-electron chi connectivity index (χ3n) is 3.66. The Kier molecular flexibility index (Phi) is 3.57. The van der Waals surface area contributed by atoms with Crippen LogP contribution in [0.1, 0.15) is 16.9 Å². The molecular formula is C14H16N6OS. The summed E-state index contributed by atoms with van der Waals surface area (Å²) < 4.78 is 7.00. The number of benzene rings is 1. The first-order valence-corrected chi connectivity index (χ1v) is 8.02. The van der Waals surface area contributed by atoms with Crippen LogP contribution in [0, 0.1) is 0 Å². The third kappa shape index (κ3) is 2.72. The summed E-state index contributed by atoms with van der Waals surface area (Å²) in [7, 11) is 1.76. The molecule has 1 aliphatic rings. The molecule has 114 valence electrons. The van der Waals surface area contributed by atoms with Gasteiger partial charge in [0.1, 0.15) is 11.1 Å². The molecule has 3 heterocycles. The van der Waals surface area contributed by atoms with Crippen LogP contribution in [0.4, 0.5) is 0 Å². The molecule has 0 amide bonds. The smallest absolute Gasteiger partial charge is 0.204 e. The van der Waals surface area contributed by atoms with Crippen molar-refractivity contribution in [2.75, 3.05) is 19.7 Å². The number of morpholine rings is 1. The van der Waals surface area contributed by atoms with Gasteiger partial charge >= 0.3 is 0 Å².